The van der Waals surface area contributed by atoms with E-state index in [1.807, 2.05) is 7.05 Å². The lowest BCUT2D eigenvalue weighted by Gasteiger charge is -2.09. The fourth-order valence-electron chi connectivity index (χ4n) is 2.47. The number of aromatic hydroxyl groups is 1. The largest absolute Gasteiger partial charge is 0.508 e. The highest BCUT2D eigenvalue weighted by Gasteiger charge is 2.19. The number of aromatic nitrogens is 2. The number of benzene rings is 1. The summed E-state index contributed by atoms with van der Waals surface area (Å²) in [5.41, 5.74) is 2.65. The second-order valence-electron chi connectivity index (χ2n) is 4.62. The van der Waals surface area contributed by atoms with Crippen molar-refractivity contribution in [2.24, 2.45) is 0 Å². The summed E-state index contributed by atoms with van der Waals surface area (Å²) in [6, 6.07) is 3.87. The highest BCUT2D eigenvalue weighted by atomic mass is 19.1. The standard InChI is InChI=1S/C14H14FN3O/c1-16-14-11-3-2-4-12(11)17-13(18-14)8-5-9(15)7-10(19)6-8/h5-7,19H,2-4H2,1H3,(H,16,17,18). The van der Waals surface area contributed by atoms with Crippen LogP contribution in [0.15, 0.2) is 18.2 Å². The van der Waals surface area contributed by atoms with Gasteiger partial charge in [-0.3, -0.25) is 0 Å². The van der Waals surface area contributed by atoms with E-state index in [0.29, 0.717) is 11.4 Å². The minimum absolute atomic E-state index is 0.120. The first kappa shape index (κ1) is 11.9. The van der Waals surface area contributed by atoms with E-state index in [1.165, 1.54) is 12.1 Å². The molecule has 4 nitrogen and oxygen atoms in total. The topological polar surface area (TPSA) is 58.0 Å². The molecule has 0 unspecified atom stereocenters. The van der Waals surface area contributed by atoms with E-state index in [-0.39, 0.29) is 5.75 Å². The van der Waals surface area contributed by atoms with Gasteiger partial charge in [-0.1, -0.05) is 0 Å². The summed E-state index contributed by atoms with van der Waals surface area (Å²) in [5, 5.41) is 12.5. The van der Waals surface area contributed by atoms with E-state index in [0.717, 1.165) is 42.4 Å². The van der Waals surface area contributed by atoms with Crippen molar-refractivity contribution in [1.29, 1.82) is 0 Å². The highest BCUT2D eigenvalue weighted by Crippen LogP contribution is 2.30. The average molecular weight is 259 g/mol. The number of nitrogens with zero attached hydrogens (tertiary/aromatic N) is 2. The van der Waals surface area contributed by atoms with Gasteiger partial charge in [0, 0.05) is 29.9 Å². The summed E-state index contributed by atoms with van der Waals surface area (Å²) in [5.74, 6) is 0.622. The summed E-state index contributed by atoms with van der Waals surface area (Å²) in [6.07, 6.45) is 2.96. The van der Waals surface area contributed by atoms with Crippen molar-refractivity contribution in [2.75, 3.05) is 12.4 Å². The van der Waals surface area contributed by atoms with Gasteiger partial charge in [-0.15, -0.1) is 0 Å². The Hall–Kier alpha value is -2.17. The molecular formula is C14H14FN3O. The van der Waals surface area contributed by atoms with Crippen LogP contribution in [0.3, 0.4) is 0 Å². The van der Waals surface area contributed by atoms with Gasteiger partial charge in [-0.25, -0.2) is 14.4 Å². The quantitative estimate of drug-likeness (QED) is 0.870. The van der Waals surface area contributed by atoms with Crippen molar-refractivity contribution in [3.05, 3.63) is 35.3 Å². The van der Waals surface area contributed by atoms with Crippen molar-refractivity contribution in [3.63, 3.8) is 0 Å². The van der Waals surface area contributed by atoms with Crippen LogP contribution in [0.5, 0.6) is 5.75 Å². The number of fused-ring (bicyclic) bond motifs is 1. The van der Waals surface area contributed by atoms with Gasteiger partial charge in [-0.2, -0.15) is 0 Å². The molecule has 0 fully saturated rings. The number of rotatable bonds is 2. The van der Waals surface area contributed by atoms with Crippen LogP contribution in [0.25, 0.3) is 11.4 Å². The van der Waals surface area contributed by atoms with Gasteiger partial charge >= 0.3 is 0 Å². The number of aryl methyl sites for hydroxylation is 1. The molecule has 1 aliphatic rings. The zero-order chi connectivity index (χ0) is 13.4. The maximum Gasteiger partial charge on any atom is 0.162 e. The van der Waals surface area contributed by atoms with E-state index in [4.69, 9.17) is 0 Å². The highest BCUT2D eigenvalue weighted by molar-refractivity contribution is 5.62. The van der Waals surface area contributed by atoms with Crippen LogP contribution >= 0.6 is 0 Å². The molecule has 2 N–H and O–H groups in total. The summed E-state index contributed by atoms with van der Waals surface area (Å²) in [7, 11) is 1.81. The second kappa shape index (κ2) is 4.50. The first-order valence-electron chi connectivity index (χ1n) is 6.25. The Morgan fingerprint density at radius 1 is 1.21 bits per heavy atom. The molecule has 0 bridgehead atoms. The SMILES string of the molecule is CNc1nc(-c2cc(O)cc(F)c2)nc2c1CCC2. The third kappa shape index (κ3) is 2.12. The Morgan fingerprint density at radius 3 is 2.79 bits per heavy atom. The van der Waals surface area contributed by atoms with Crippen molar-refractivity contribution in [1.82, 2.24) is 9.97 Å². The molecule has 0 saturated carbocycles. The minimum atomic E-state index is -0.495. The molecule has 98 valence electrons. The molecule has 1 aromatic heterocycles. The van der Waals surface area contributed by atoms with Crippen LogP contribution in [-0.4, -0.2) is 22.1 Å². The summed E-state index contributed by atoms with van der Waals surface area (Å²) in [6.45, 7) is 0. The third-order valence-electron chi connectivity index (χ3n) is 3.31. The molecule has 2 aromatic rings. The van der Waals surface area contributed by atoms with Crippen LogP contribution in [0.2, 0.25) is 0 Å². The average Bonchev–Trinajstić information content (AvgIpc) is 2.84. The van der Waals surface area contributed by atoms with Crippen LogP contribution in [-0.2, 0) is 12.8 Å². The minimum Gasteiger partial charge on any atom is -0.508 e. The number of anilines is 1. The Labute approximate surface area is 110 Å². The fourth-order valence-corrected chi connectivity index (χ4v) is 2.47. The van der Waals surface area contributed by atoms with Crippen molar-refractivity contribution in [2.45, 2.75) is 19.3 Å². The number of nitrogens with one attached hydrogen (secondary N) is 1. The number of halogens is 1. The molecule has 1 aliphatic carbocycles. The Morgan fingerprint density at radius 2 is 2.05 bits per heavy atom. The first-order valence-corrected chi connectivity index (χ1v) is 6.25. The van der Waals surface area contributed by atoms with Gasteiger partial charge in [0.2, 0.25) is 0 Å². The van der Waals surface area contributed by atoms with Crippen LogP contribution < -0.4 is 5.32 Å². The summed E-state index contributed by atoms with van der Waals surface area (Å²) >= 11 is 0. The predicted molar refractivity (Wildman–Crippen MR) is 70.7 cm³/mol. The normalized spacial score (nSPS) is 13.4. The molecule has 0 spiro atoms. The van der Waals surface area contributed by atoms with Gasteiger partial charge in [0.05, 0.1) is 0 Å². The van der Waals surface area contributed by atoms with Gasteiger partial charge in [0.1, 0.15) is 17.4 Å². The van der Waals surface area contributed by atoms with Crippen molar-refractivity contribution < 1.29 is 9.50 Å². The monoisotopic (exact) mass is 259 g/mol. The zero-order valence-corrected chi connectivity index (χ0v) is 10.6. The lowest BCUT2D eigenvalue weighted by Crippen LogP contribution is -2.03. The molecule has 0 aliphatic heterocycles. The summed E-state index contributed by atoms with van der Waals surface area (Å²) < 4.78 is 13.3. The molecule has 0 amide bonds. The predicted octanol–water partition coefficient (Wildman–Crippen LogP) is 2.52. The first-order chi connectivity index (χ1) is 9.17. The molecule has 0 radical (unpaired) electrons. The lowest BCUT2D eigenvalue weighted by molar-refractivity contribution is 0.469. The maximum atomic E-state index is 13.3. The second-order valence-corrected chi connectivity index (χ2v) is 4.62. The number of phenols is 1. The molecular weight excluding hydrogens is 245 g/mol. The molecule has 19 heavy (non-hydrogen) atoms. The molecule has 0 saturated heterocycles. The van der Waals surface area contributed by atoms with E-state index >= 15 is 0 Å². The van der Waals surface area contributed by atoms with E-state index in [1.54, 1.807) is 0 Å². The molecule has 3 rings (SSSR count). The van der Waals surface area contributed by atoms with Gasteiger partial charge in [0.15, 0.2) is 5.82 Å². The number of hydrogen-bond donors (Lipinski definition) is 2. The van der Waals surface area contributed by atoms with Gasteiger partial charge in [0.25, 0.3) is 0 Å². The number of hydrogen-bond acceptors (Lipinski definition) is 4. The molecule has 1 aromatic carbocycles. The van der Waals surface area contributed by atoms with Gasteiger partial charge in [-0.05, 0) is 31.4 Å². The van der Waals surface area contributed by atoms with E-state index in [9.17, 15) is 9.50 Å². The zero-order valence-electron chi connectivity index (χ0n) is 10.6. The smallest absolute Gasteiger partial charge is 0.162 e. The van der Waals surface area contributed by atoms with E-state index < -0.39 is 5.82 Å². The van der Waals surface area contributed by atoms with Crippen LogP contribution in [0, 0.1) is 5.82 Å². The maximum absolute atomic E-state index is 13.3. The lowest BCUT2D eigenvalue weighted by atomic mass is 10.1. The molecule has 0 atom stereocenters. The Kier molecular flexibility index (Phi) is 2.81. The van der Waals surface area contributed by atoms with Crippen LogP contribution in [0.4, 0.5) is 10.2 Å². The molecule has 5 heteroatoms. The number of phenolic OH excluding ortho intramolecular Hbond substituents is 1. The van der Waals surface area contributed by atoms with Gasteiger partial charge < -0.3 is 10.4 Å². The van der Waals surface area contributed by atoms with E-state index in [2.05, 4.69) is 15.3 Å². The van der Waals surface area contributed by atoms with Crippen molar-refractivity contribution in [3.8, 4) is 17.1 Å². The van der Waals surface area contributed by atoms with Crippen molar-refractivity contribution >= 4 is 5.82 Å². The fraction of sp³-hybridized carbons (Fsp3) is 0.286. The Bertz CT molecular complexity index is 623. The molecule has 1 heterocycles. The summed E-state index contributed by atoms with van der Waals surface area (Å²) in [4.78, 5) is 8.90. The third-order valence-corrected chi connectivity index (χ3v) is 3.31. The van der Waals surface area contributed by atoms with Crippen LogP contribution in [0.1, 0.15) is 17.7 Å². The Balaban J connectivity index is 2.15.